The minimum absolute atomic E-state index is 0.253. The fraction of sp³-hybridized carbons (Fsp3) is 0.250. The van der Waals surface area contributed by atoms with Gasteiger partial charge < -0.3 is 5.11 Å². The third-order valence-corrected chi connectivity index (χ3v) is 3.83. The van der Waals surface area contributed by atoms with Crippen molar-refractivity contribution in [2.45, 2.75) is 34.1 Å². The van der Waals surface area contributed by atoms with Crippen LogP contribution in [0.2, 0.25) is 5.02 Å². The highest BCUT2D eigenvalue weighted by Crippen LogP contribution is 2.14. The summed E-state index contributed by atoms with van der Waals surface area (Å²) in [5.41, 5.74) is 3.34. The van der Waals surface area contributed by atoms with Gasteiger partial charge in [0.1, 0.15) is 5.82 Å². The van der Waals surface area contributed by atoms with Crippen molar-refractivity contribution < 1.29 is 14.3 Å². The van der Waals surface area contributed by atoms with Crippen LogP contribution in [0.3, 0.4) is 0 Å². The second kappa shape index (κ2) is 10.5. The first-order valence-corrected chi connectivity index (χ1v) is 8.43. The number of hydrogen-bond donors (Lipinski definition) is 1. The highest BCUT2D eigenvalue weighted by atomic mass is 35.5. The lowest BCUT2D eigenvalue weighted by atomic mass is 10.2. The van der Waals surface area contributed by atoms with E-state index < -0.39 is 5.97 Å². The van der Waals surface area contributed by atoms with E-state index in [0.29, 0.717) is 10.7 Å². The van der Waals surface area contributed by atoms with Crippen molar-refractivity contribution in [3.63, 3.8) is 0 Å². The van der Waals surface area contributed by atoms with E-state index in [1.165, 1.54) is 19.1 Å². The minimum Gasteiger partial charge on any atom is -0.478 e. The summed E-state index contributed by atoms with van der Waals surface area (Å²) in [4.78, 5) is 18.9. The largest absolute Gasteiger partial charge is 0.478 e. The van der Waals surface area contributed by atoms with Crippen molar-refractivity contribution >= 4 is 23.3 Å². The number of benzene rings is 1. The molecule has 1 aromatic heterocycles. The van der Waals surface area contributed by atoms with Crippen LogP contribution in [-0.4, -0.2) is 21.8 Å². The van der Waals surface area contributed by atoms with Crippen LogP contribution in [-0.2, 0) is 11.2 Å². The molecule has 0 aliphatic rings. The molecule has 1 aromatic carbocycles. The van der Waals surface area contributed by atoms with Gasteiger partial charge in [-0.15, -0.1) is 0 Å². The topological polar surface area (TPSA) is 62.5 Å². The van der Waals surface area contributed by atoms with Gasteiger partial charge >= 0.3 is 5.97 Å². The summed E-state index contributed by atoms with van der Waals surface area (Å²) in [5.74, 6) is -1.20. The number of pyridine rings is 1. The van der Waals surface area contributed by atoms with Crippen LogP contribution in [0.4, 0.5) is 4.39 Å². The SMILES string of the molecule is CC(=N/C(C)=C(\C)C(=O)O)c1cccnc1.CCc1cc(F)cc(Cl)c1. The Hall–Kier alpha value is -2.53. The van der Waals surface area contributed by atoms with Crippen molar-refractivity contribution in [1.29, 1.82) is 0 Å². The predicted octanol–water partition coefficient (Wildman–Crippen LogP) is 5.31. The van der Waals surface area contributed by atoms with Gasteiger partial charge in [0.05, 0.1) is 5.57 Å². The Kier molecular flexibility index (Phi) is 8.65. The summed E-state index contributed by atoms with van der Waals surface area (Å²) < 4.78 is 12.5. The summed E-state index contributed by atoms with van der Waals surface area (Å²) >= 11 is 5.59. The van der Waals surface area contributed by atoms with Crippen LogP contribution in [0, 0.1) is 5.82 Å². The summed E-state index contributed by atoms with van der Waals surface area (Å²) in [6.45, 7) is 7.02. The Morgan fingerprint density at radius 2 is 1.96 bits per heavy atom. The van der Waals surface area contributed by atoms with E-state index in [1.807, 2.05) is 26.0 Å². The van der Waals surface area contributed by atoms with Crippen molar-refractivity contribution in [3.8, 4) is 0 Å². The minimum atomic E-state index is -0.944. The molecule has 0 aliphatic heterocycles. The van der Waals surface area contributed by atoms with E-state index in [2.05, 4.69) is 9.98 Å². The molecular formula is C20H22ClFN2O2. The quantitative estimate of drug-likeness (QED) is 0.581. The summed E-state index contributed by atoms with van der Waals surface area (Å²) in [5, 5.41) is 9.27. The molecule has 1 N–H and O–H groups in total. The van der Waals surface area contributed by atoms with Gasteiger partial charge in [-0.2, -0.15) is 0 Å². The molecule has 0 radical (unpaired) electrons. The molecule has 0 amide bonds. The van der Waals surface area contributed by atoms with Crippen molar-refractivity contribution in [1.82, 2.24) is 4.98 Å². The zero-order chi connectivity index (χ0) is 19.7. The maximum absolute atomic E-state index is 12.5. The molecule has 26 heavy (non-hydrogen) atoms. The van der Waals surface area contributed by atoms with E-state index in [0.717, 1.165) is 23.3 Å². The van der Waals surface area contributed by atoms with E-state index in [9.17, 15) is 9.18 Å². The van der Waals surface area contributed by atoms with Gasteiger partial charge in [-0.05, 0) is 57.0 Å². The fourth-order valence-corrected chi connectivity index (χ4v) is 2.19. The predicted molar refractivity (Wildman–Crippen MR) is 103 cm³/mol. The molecule has 0 saturated heterocycles. The molecule has 1 heterocycles. The van der Waals surface area contributed by atoms with Crippen molar-refractivity contribution in [3.05, 3.63) is 76.0 Å². The molecule has 0 fully saturated rings. The maximum Gasteiger partial charge on any atom is 0.333 e. The van der Waals surface area contributed by atoms with E-state index in [4.69, 9.17) is 16.7 Å². The van der Waals surface area contributed by atoms with Crippen LogP contribution >= 0.6 is 11.6 Å². The van der Waals surface area contributed by atoms with Gasteiger partial charge in [0.25, 0.3) is 0 Å². The van der Waals surface area contributed by atoms with Crippen LogP contribution in [0.1, 0.15) is 38.8 Å². The molecule has 138 valence electrons. The number of aromatic nitrogens is 1. The van der Waals surface area contributed by atoms with E-state index in [-0.39, 0.29) is 11.4 Å². The number of aliphatic imine (C=N–C) groups is 1. The third kappa shape index (κ3) is 7.15. The lowest BCUT2D eigenvalue weighted by Gasteiger charge is -2.02. The van der Waals surface area contributed by atoms with E-state index in [1.54, 1.807) is 25.4 Å². The number of carboxylic acids is 1. The number of allylic oxidation sites excluding steroid dienone is 1. The zero-order valence-electron chi connectivity index (χ0n) is 15.3. The Labute approximate surface area is 158 Å². The molecule has 0 spiro atoms. The highest BCUT2D eigenvalue weighted by molar-refractivity contribution is 6.30. The Morgan fingerprint density at radius 1 is 1.27 bits per heavy atom. The number of halogens is 2. The number of aliphatic carboxylic acids is 1. The molecule has 0 bridgehead atoms. The molecule has 2 aromatic rings. The molecule has 0 atom stereocenters. The molecule has 6 heteroatoms. The summed E-state index contributed by atoms with van der Waals surface area (Å²) in [6, 6.07) is 8.27. The standard InChI is InChI=1S/C12H14N2O2.C8H8ClF/c1-8(12(15)16)9(2)14-10(3)11-5-4-6-13-7-11;1-2-6-3-7(9)5-8(10)4-6/h4-7H,1-3H3,(H,15,16);3-5H,2H2,1H3/b9-8+,14-10?;. The van der Waals surface area contributed by atoms with Crippen LogP contribution in [0.5, 0.6) is 0 Å². The number of aryl methyl sites for hydroxylation is 1. The monoisotopic (exact) mass is 376 g/mol. The number of hydrogen-bond acceptors (Lipinski definition) is 3. The molecular weight excluding hydrogens is 355 g/mol. The second-order valence-electron chi connectivity index (χ2n) is 5.59. The van der Waals surface area contributed by atoms with Gasteiger partial charge in [-0.1, -0.05) is 24.6 Å². The lowest BCUT2D eigenvalue weighted by molar-refractivity contribution is -0.132. The normalized spacial score (nSPS) is 12.0. The number of carbonyl (C=O) groups is 1. The van der Waals surface area contributed by atoms with Gasteiger partial charge in [0.15, 0.2) is 0 Å². The average molecular weight is 377 g/mol. The highest BCUT2D eigenvalue weighted by Gasteiger charge is 2.05. The Balaban J connectivity index is 0.000000289. The zero-order valence-corrected chi connectivity index (χ0v) is 16.0. The maximum atomic E-state index is 12.5. The third-order valence-electron chi connectivity index (χ3n) is 3.61. The van der Waals surface area contributed by atoms with Crippen molar-refractivity contribution in [2.75, 3.05) is 0 Å². The molecule has 0 saturated carbocycles. The van der Waals surface area contributed by atoms with E-state index >= 15 is 0 Å². The second-order valence-corrected chi connectivity index (χ2v) is 6.02. The van der Waals surface area contributed by atoms with Gasteiger partial charge in [-0.3, -0.25) is 9.98 Å². The average Bonchev–Trinajstić information content (AvgIpc) is 2.61. The molecule has 2 rings (SSSR count). The van der Waals surface area contributed by atoms with Gasteiger partial charge in [-0.25, -0.2) is 9.18 Å². The van der Waals surface area contributed by atoms with Crippen LogP contribution in [0.15, 0.2) is 59.0 Å². The van der Waals surface area contributed by atoms with Crippen molar-refractivity contribution in [2.24, 2.45) is 4.99 Å². The van der Waals surface area contributed by atoms with Gasteiger partial charge in [0, 0.05) is 34.4 Å². The van der Waals surface area contributed by atoms with Crippen LogP contribution in [0.25, 0.3) is 0 Å². The fourth-order valence-electron chi connectivity index (χ4n) is 1.95. The first-order chi connectivity index (χ1) is 12.2. The molecule has 4 nitrogen and oxygen atoms in total. The van der Waals surface area contributed by atoms with Crippen LogP contribution < -0.4 is 0 Å². The number of rotatable bonds is 4. The summed E-state index contributed by atoms with van der Waals surface area (Å²) in [6.07, 6.45) is 4.20. The first kappa shape index (κ1) is 21.5. The smallest absolute Gasteiger partial charge is 0.333 e. The Morgan fingerprint density at radius 3 is 2.46 bits per heavy atom. The molecule has 0 unspecified atom stereocenters. The lowest BCUT2D eigenvalue weighted by Crippen LogP contribution is -2.01. The first-order valence-electron chi connectivity index (χ1n) is 8.06. The Bertz CT molecular complexity index is 798. The molecule has 0 aliphatic carbocycles. The number of nitrogens with zero attached hydrogens (tertiary/aromatic N) is 2. The summed E-state index contributed by atoms with van der Waals surface area (Å²) in [7, 11) is 0. The van der Waals surface area contributed by atoms with Gasteiger partial charge in [0.2, 0.25) is 0 Å². The number of carboxylic acid groups (broad SMARTS) is 1.